The third-order valence-electron chi connectivity index (χ3n) is 10.9. The number of carbonyl (C=O) groups excluding carboxylic acids is 4. The fourth-order valence-electron chi connectivity index (χ4n) is 8.52. The van der Waals surface area contributed by atoms with Gasteiger partial charge in [0.15, 0.2) is 11.5 Å². The zero-order valence-electron chi connectivity index (χ0n) is 27.3. The average Bonchev–Trinajstić information content (AvgIpc) is 3.45. The predicted octanol–water partition coefficient (Wildman–Crippen LogP) is 8.43. The number of phenols is 1. The summed E-state index contributed by atoms with van der Waals surface area (Å²) in [5.41, 5.74) is -5.67. The van der Waals surface area contributed by atoms with Crippen molar-refractivity contribution in [3.63, 3.8) is 0 Å². The lowest BCUT2D eigenvalue weighted by Gasteiger charge is -2.49. The molecule has 17 heteroatoms. The molecule has 7 rings (SSSR count). The van der Waals surface area contributed by atoms with Gasteiger partial charge in [0.1, 0.15) is 5.82 Å². The van der Waals surface area contributed by atoms with E-state index in [2.05, 4.69) is 15.9 Å². The number of alkyl halides is 6. The summed E-state index contributed by atoms with van der Waals surface area (Å²) in [5.74, 6) is -11.0. The minimum absolute atomic E-state index is 0.0202. The van der Waals surface area contributed by atoms with E-state index in [1.807, 2.05) is 0 Å². The number of hydrogen-bond acceptors (Lipinski definition) is 6. The SMILES string of the molecule is COc1cc(Br)cc([C@H]2C3=CC[C@@H]4C(=O)N(c5cc(C(F)(F)F)cc(C(F)(F)F)c5)C(=O)[C@@H]4[C@@H]3C[C@H]3C(=O)N(c4ccc(F)c(Cl)c4)C(=O)[C@@]23C)c1O. The average molecular weight is 830 g/mol. The molecule has 2 aliphatic heterocycles. The molecule has 2 saturated heterocycles. The number of aromatic hydroxyl groups is 1. The quantitative estimate of drug-likeness (QED) is 0.161. The van der Waals surface area contributed by atoms with Crippen LogP contribution in [0.5, 0.6) is 11.5 Å². The monoisotopic (exact) mass is 828 g/mol. The standard InChI is InChI=1S/C36H25BrClF7N2O6/c1-34-23(31(50)47(33(34)52)17-3-6-25(39)24(38)12-17)13-21-19(28(34)22-10-16(37)11-26(53-2)29(22)48)4-5-20-27(21)32(51)46(30(20)49)18-8-14(35(40,41)42)7-15(9-18)36(43,44)45/h3-4,6-12,20-21,23,27-28,48H,5,13H2,1-2H3/t20-,21+,23-,27-,28+,34+/m0/s1. The van der Waals surface area contributed by atoms with Crippen LogP contribution in [0.4, 0.5) is 42.1 Å². The largest absolute Gasteiger partial charge is 0.504 e. The van der Waals surface area contributed by atoms with Gasteiger partial charge in [0, 0.05) is 16.0 Å². The minimum Gasteiger partial charge on any atom is -0.504 e. The molecule has 278 valence electrons. The van der Waals surface area contributed by atoms with Crippen LogP contribution >= 0.6 is 27.5 Å². The molecule has 4 amide bonds. The summed E-state index contributed by atoms with van der Waals surface area (Å²) in [5, 5.41) is 11.1. The summed E-state index contributed by atoms with van der Waals surface area (Å²) in [6.07, 6.45) is -9.39. The second-order valence-electron chi connectivity index (χ2n) is 13.6. The van der Waals surface area contributed by atoms with E-state index in [0.29, 0.717) is 27.1 Å². The first-order valence-corrected chi connectivity index (χ1v) is 17.1. The number of anilines is 2. The van der Waals surface area contributed by atoms with E-state index >= 15 is 0 Å². The number of carbonyl (C=O) groups is 4. The van der Waals surface area contributed by atoms with Crippen molar-refractivity contribution >= 4 is 62.5 Å². The van der Waals surface area contributed by atoms with Crippen LogP contribution in [0, 0.1) is 34.9 Å². The molecular weight excluding hydrogens is 805 g/mol. The van der Waals surface area contributed by atoms with Gasteiger partial charge in [-0.1, -0.05) is 39.2 Å². The first-order chi connectivity index (χ1) is 24.7. The van der Waals surface area contributed by atoms with Crippen LogP contribution in [0.3, 0.4) is 0 Å². The third kappa shape index (κ3) is 5.53. The number of ether oxygens (including phenoxy) is 1. The number of nitrogens with zero attached hydrogens (tertiary/aromatic N) is 2. The summed E-state index contributed by atoms with van der Waals surface area (Å²) in [6.45, 7) is 1.50. The molecule has 1 N–H and O–H groups in total. The first-order valence-electron chi connectivity index (χ1n) is 16.0. The van der Waals surface area contributed by atoms with Gasteiger partial charge in [-0.15, -0.1) is 0 Å². The summed E-state index contributed by atoms with van der Waals surface area (Å²) >= 11 is 9.38. The second-order valence-corrected chi connectivity index (χ2v) is 14.9. The summed E-state index contributed by atoms with van der Waals surface area (Å²) < 4.78 is 103. The van der Waals surface area contributed by atoms with Crippen LogP contribution in [-0.2, 0) is 31.5 Å². The van der Waals surface area contributed by atoms with E-state index in [0.717, 1.165) is 17.0 Å². The van der Waals surface area contributed by atoms with Gasteiger partial charge in [0.2, 0.25) is 23.6 Å². The van der Waals surface area contributed by atoms with Gasteiger partial charge in [0.05, 0.1) is 57.8 Å². The van der Waals surface area contributed by atoms with Crippen molar-refractivity contribution < 1.29 is 59.8 Å². The number of halogens is 9. The Morgan fingerprint density at radius 2 is 1.51 bits per heavy atom. The number of fused-ring (bicyclic) bond motifs is 4. The number of imide groups is 2. The highest BCUT2D eigenvalue weighted by molar-refractivity contribution is 9.10. The number of benzene rings is 3. The number of amides is 4. The maximum Gasteiger partial charge on any atom is 0.416 e. The number of rotatable bonds is 4. The zero-order valence-corrected chi connectivity index (χ0v) is 29.6. The minimum atomic E-state index is -5.26. The fraction of sp³-hybridized carbons (Fsp3) is 0.333. The molecule has 0 radical (unpaired) electrons. The maximum atomic E-state index is 14.6. The summed E-state index contributed by atoms with van der Waals surface area (Å²) in [6, 6.07) is 6.65. The normalized spacial score (nSPS) is 27.2. The molecule has 8 nitrogen and oxygen atoms in total. The molecule has 0 unspecified atom stereocenters. The van der Waals surface area contributed by atoms with Gasteiger partial charge in [-0.25, -0.2) is 14.2 Å². The van der Waals surface area contributed by atoms with Crippen molar-refractivity contribution in [3.05, 3.63) is 92.2 Å². The van der Waals surface area contributed by atoms with Crippen LogP contribution in [0.1, 0.15) is 42.4 Å². The van der Waals surface area contributed by atoms with E-state index < -0.39 is 99.4 Å². The van der Waals surface area contributed by atoms with Gasteiger partial charge in [-0.2, -0.15) is 26.3 Å². The molecular formula is C36H25BrClF7N2O6. The van der Waals surface area contributed by atoms with Crippen molar-refractivity contribution in [3.8, 4) is 11.5 Å². The number of hydrogen-bond donors (Lipinski definition) is 1. The number of phenolic OH excluding ortho intramolecular Hbond substituents is 1. The van der Waals surface area contributed by atoms with Gasteiger partial charge in [0.25, 0.3) is 0 Å². The summed E-state index contributed by atoms with van der Waals surface area (Å²) in [4.78, 5) is 58.2. The highest BCUT2D eigenvalue weighted by Crippen LogP contribution is 2.65. The molecule has 3 aromatic rings. The smallest absolute Gasteiger partial charge is 0.416 e. The fourth-order valence-corrected chi connectivity index (χ4v) is 9.15. The Labute approximate surface area is 309 Å². The van der Waals surface area contributed by atoms with Crippen LogP contribution in [0.15, 0.2) is 64.7 Å². The van der Waals surface area contributed by atoms with Crippen molar-refractivity contribution in [2.24, 2.45) is 29.1 Å². The molecule has 0 bridgehead atoms. The molecule has 0 spiro atoms. The van der Waals surface area contributed by atoms with Crippen LogP contribution < -0.4 is 14.5 Å². The van der Waals surface area contributed by atoms with Gasteiger partial charge in [-0.05, 0) is 74.2 Å². The molecule has 3 fully saturated rings. The lowest BCUT2D eigenvalue weighted by Crippen LogP contribution is -2.49. The highest BCUT2D eigenvalue weighted by atomic mass is 79.9. The lowest BCUT2D eigenvalue weighted by molar-refractivity contribution is -0.143. The molecule has 53 heavy (non-hydrogen) atoms. The third-order valence-corrected chi connectivity index (χ3v) is 11.6. The Morgan fingerprint density at radius 3 is 2.09 bits per heavy atom. The van der Waals surface area contributed by atoms with E-state index in [1.165, 1.54) is 32.2 Å². The van der Waals surface area contributed by atoms with E-state index in [1.54, 1.807) is 6.08 Å². The maximum absolute atomic E-state index is 14.6. The Hall–Kier alpha value is -4.44. The van der Waals surface area contributed by atoms with E-state index in [9.17, 15) is 55.0 Å². The number of allylic oxidation sites excluding steroid dienone is 2. The molecule has 6 atom stereocenters. The Bertz CT molecular complexity index is 2140. The lowest BCUT2D eigenvalue weighted by atomic mass is 9.51. The van der Waals surface area contributed by atoms with Crippen molar-refractivity contribution in [2.75, 3.05) is 16.9 Å². The predicted molar refractivity (Wildman–Crippen MR) is 177 cm³/mol. The molecule has 2 aliphatic carbocycles. The van der Waals surface area contributed by atoms with Crippen molar-refractivity contribution in [2.45, 2.75) is 38.0 Å². The molecule has 3 aromatic carbocycles. The van der Waals surface area contributed by atoms with Crippen LogP contribution in [-0.4, -0.2) is 35.8 Å². The molecule has 1 saturated carbocycles. The Kier molecular flexibility index (Phi) is 8.56. The zero-order chi connectivity index (χ0) is 38.7. The topological polar surface area (TPSA) is 104 Å². The first kappa shape index (κ1) is 36.9. The van der Waals surface area contributed by atoms with Gasteiger partial charge in [-0.3, -0.25) is 19.2 Å². The second kappa shape index (κ2) is 12.3. The van der Waals surface area contributed by atoms with Crippen LogP contribution in [0.25, 0.3) is 0 Å². The Morgan fingerprint density at radius 1 is 0.868 bits per heavy atom. The van der Waals surface area contributed by atoms with Crippen LogP contribution in [0.2, 0.25) is 5.02 Å². The van der Waals surface area contributed by atoms with E-state index in [4.69, 9.17) is 16.3 Å². The summed E-state index contributed by atoms with van der Waals surface area (Å²) in [7, 11) is 1.28. The van der Waals surface area contributed by atoms with Crippen molar-refractivity contribution in [1.82, 2.24) is 0 Å². The number of methoxy groups -OCH3 is 1. The Balaban J connectivity index is 1.39. The van der Waals surface area contributed by atoms with Crippen molar-refractivity contribution in [1.29, 1.82) is 0 Å². The highest BCUT2D eigenvalue weighted by Gasteiger charge is 2.68. The molecule has 4 aliphatic rings. The van der Waals surface area contributed by atoms with Gasteiger partial charge < -0.3 is 9.84 Å². The van der Waals surface area contributed by atoms with E-state index in [-0.39, 0.29) is 40.9 Å². The van der Waals surface area contributed by atoms with Gasteiger partial charge >= 0.3 is 12.4 Å². The molecule has 2 heterocycles. The molecule has 0 aromatic heterocycles.